The van der Waals surface area contributed by atoms with Crippen LogP contribution in [0.3, 0.4) is 0 Å². The number of nitrogens with one attached hydrogen (secondary N) is 1. The highest BCUT2D eigenvalue weighted by Gasteiger charge is 2.31. The third kappa shape index (κ3) is 6.40. The molecule has 1 fully saturated rings. The molecule has 40 heavy (non-hydrogen) atoms. The first-order valence-electron chi connectivity index (χ1n) is 12.6. The Morgan fingerprint density at radius 2 is 1.70 bits per heavy atom. The van der Waals surface area contributed by atoms with Gasteiger partial charge >= 0.3 is 12.3 Å². The summed E-state index contributed by atoms with van der Waals surface area (Å²) in [6.45, 7) is 8.27. The van der Waals surface area contributed by atoms with Crippen LogP contribution < -0.4 is 15.8 Å². The van der Waals surface area contributed by atoms with Crippen LogP contribution in [0.25, 0.3) is 5.78 Å². The summed E-state index contributed by atoms with van der Waals surface area (Å²) in [5.41, 5.74) is -0.830. The van der Waals surface area contributed by atoms with Crippen molar-refractivity contribution in [1.82, 2.24) is 24.1 Å². The number of fused-ring (bicyclic) bond motifs is 1. The van der Waals surface area contributed by atoms with E-state index in [0.29, 0.717) is 44.0 Å². The van der Waals surface area contributed by atoms with Gasteiger partial charge in [0, 0.05) is 31.9 Å². The Kier molecular flexibility index (Phi) is 8.15. The molecule has 0 radical (unpaired) electrons. The Balaban J connectivity index is 1.62. The molecule has 4 rings (SSSR count). The fourth-order valence-electron chi connectivity index (χ4n) is 4.43. The number of carbonyl (C=O) groups excluding carboxylic acids is 2. The number of alkyl halides is 3. The highest BCUT2D eigenvalue weighted by molar-refractivity contribution is 9.10. The molecule has 0 unspecified atom stereocenters. The predicted octanol–water partition coefficient (Wildman–Crippen LogP) is 3.93. The quantitative estimate of drug-likeness (QED) is 0.456. The molecule has 216 valence electrons. The molecule has 1 aliphatic heterocycles. The van der Waals surface area contributed by atoms with Gasteiger partial charge in [-0.25, -0.2) is 4.79 Å². The van der Waals surface area contributed by atoms with E-state index in [1.54, 1.807) is 30.2 Å². The molecule has 2 aromatic heterocycles. The zero-order valence-electron chi connectivity index (χ0n) is 22.4. The molecule has 1 N–H and O–H groups in total. The molecule has 3 aromatic rings. The Morgan fingerprint density at radius 1 is 1.07 bits per heavy atom. The van der Waals surface area contributed by atoms with Gasteiger partial charge < -0.3 is 24.4 Å². The summed E-state index contributed by atoms with van der Waals surface area (Å²) in [5.74, 6) is -0.396. The lowest BCUT2D eigenvalue weighted by molar-refractivity contribution is -0.137. The first-order valence-corrected chi connectivity index (χ1v) is 13.3. The van der Waals surface area contributed by atoms with Crippen molar-refractivity contribution in [2.24, 2.45) is 0 Å². The van der Waals surface area contributed by atoms with Crippen LogP contribution in [-0.2, 0) is 28.7 Å². The number of hydrogen-bond acceptors (Lipinski definition) is 7. The number of ether oxygens (including phenoxy) is 1. The van der Waals surface area contributed by atoms with Crippen molar-refractivity contribution in [3.8, 4) is 0 Å². The zero-order valence-corrected chi connectivity index (χ0v) is 24.0. The van der Waals surface area contributed by atoms with Crippen LogP contribution in [0.4, 0.5) is 29.3 Å². The highest BCUT2D eigenvalue weighted by atomic mass is 79.9. The normalized spacial score (nSPS) is 14.5. The van der Waals surface area contributed by atoms with Crippen molar-refractivity contribution in [2.45, 2.75) is 52.4 Å². The van der Waals surface area contributed by atoms with Crippen molar-refractivity contribution in [2.75, 3.05) is 36.4 Å². The number of nitrogens with zero attached hydrogens (tertiary/aromatic N) is 6. The lowest BCUT2D eigenvalue weighted by Gasteiger charge is -2.37. The molecule has 15 heteroatoms. The first kappa shape index (κ1) is 29.4. The topological polar surface area (TPSA) is 114 Å². The van der Waals surface area contributed by atoms with E-state index < -0.39 is 34.9 Å². The maximum Gasteiger partial charge on any atom is 0.416 e. The molecule has 0 bridgehead atoms. The number of anilines is 2. The summed E-state index contributed by atoms with van der Waals surface area (Å²) in [7, 11) is 0. The van der Waals surface area contributed by atoms with Gasteiger partial charge in [-0.1, -0.05) is 6.92 Å². The van der Waals surface area contributed by atoms with Crippen molar-refractivity contribution in [3.63, 3.8) is 0 Å². The average molecular weight is 628 g/mol. The molecular weight excluding hydrogens is 599 g/mol. The second-order valence-electron chi connectivity index (χ2n) is 10.2. The molecule has 0 aliphatic carbocycles. The summed E-state index contributed by atoms with van der Waals surface area (Å²) in [4.78, 5) is 46.8. The minimum atomic E-state index is -4.49. The molecule has 2 amide bonds. The number of piperazine rings is 1. The molecule has 1 saturated heterocycles. The third-order valence-corrected chi connectivity index (χ3v) is 6.52. The monoisotopic (exact) mass is 627 g/mol. The van der Waals surface area contributed by atoms with Crippen molar-refractivity contribution in [1.29, 1.82) is 0 Å². The summed E-state index contributed by atoms with van der Waals surface area (Å²) >= 11 is 3.19. The summed E-state index contributed by atoms with van der Waals surface area (Å²) < 4.78 is 46.9. The number of carbonyl (C=O) groups is 2. The number of rotatable bonds is 5. The molecule has 1 aliphatic rings. The van der Waals surface area contributed by atoms with E-state index in [1.165, 1.54) is 12.1 Å². The Morgan fingerprint density at radius 3 is 2.25 bits per heavy atom. The number of benzene rings is 1. The van der Waals surface area contributed by atoms with E-state index >= 15 is 0 Å². The van der Waals surface area contributed by atoms with E-state index in [1.807, 2.05) is 11.8 Å². The van der Waals surface area contributed by atoms with E-state index in [-0.39, 0.29) is 22.7 Å². The summed E-state index contributed by atoms with van der Waals surface area (Å²) in [6, 6.07) is 4.11. The molecule has 0 atom stereocenters. The number of aromatic nitrogens is 4. The average Bonchev–Trinajstić information content (AvgIpc) is 3.26. The van der Waals surface area contributed by atoms with Crippen LogP contribution in [0.15, 0.2) is 33.8 Å². The number of hydrogen-bond donors (Lipinski definition) is 1. The fourth-order valence-corrected chi connectivity index (χ4v) is 4.75. The van der Waals surface area contributed by atoms with Crippen molar-refractivity contribution in [3.05, 3.63) is 50.6 Å². The van der Waals surface area contributed by atoms with Crippen molar-refractivity contribution < 1.29 is 27.5 Å². The standard InChI is InChI=1S/C25H29BrF3N7O4/c1-5-17-19(33-10-12-34(13-11-33)23(39)40-24(2,3)4)20(38)36-22(31-21(26)32-36)35(17)14-18(37)30-16-8-6-15(7-9-16)25(27,28)29/h6-9H,5,10-14H2,1-4H3,(H,30,37). The maximum absolute atomic E-state index is 13.6. The highest BCUT2D eigenvalue weighted by Crippen LogP contribution is 2.30. The lowest BCUT2D eigenvalue weighted by atomic mass is 10.2. The fraction of sp³-hybridized carbons (Fsp3) is 0.480. The van der Waals surface area contributed by atoms with Crippen LogP contribution in [0.2, 0.25) is 0 Å². The van der Waals surface area contributed by atoms with Gasteiger partial charge in [0.25, 0.3) is 5.56 Å². The van der Waals surface area contributed by atoms with Crippen LogP contribution in [-0.4, -0.2) is 67.8 Å². The first-order chi connectivity index (χ1) is 18.7. The van der Waals surface area contributed by atoms with Gasteiger partial charge in [-0.2, -0.15) is 22.7 Å². The largest absolute Gasteiger partial charge is 0.444 e. The maximum atomic E-state index is 13.6. The minimum absolute atomic E-state index is 0.132. The van der Waals surface area contributed by atoms with E-state index in [9.17, 15) is 27.6 Å². The van der Waals surface area contributed by atoms with E-state index in [4.69, 9.17) is 4.74 Å². The molecule has 1 aromatic carbocycles. The lowest BCUT2D eigenvalue weighted by Crippen LogP contribution is -2.51. The van der Waals surface area contributed by atoms with Crippen LogP contribution in [0, 0.1) is 0 Å². The Bertz CT molecular complexity index is 1470. The number of halogens is 4. The van der Waals surface area contributed by atoms with Gasteiger partial charge in [0.15, 0.2) is 0 Å². The predicted molar refractivity (Wildman–Crippen MR) is 144 cm³/mol. The Labute approximate surface area is 236 Å². The van der Waals surface area contributed by atoms with Crippen LogP contribution in [0.1, 0.15) is 39.0 Å². The van der Waals surface area contributed by atoms with E-state index in [2.05, 4.69) is 31.3 Å². The second-order valence-corrected chi connectivity index (χ2v) is 10.9. The van der Waals surface area contributed by atoms with Gasteiger partial charge in [0.2, 0.25) is 16.4 Å². The molecular formula is C25H29BrF3N7O4. The second kappa shape index (κ2) is 11.1. The smallest absolute Gasteiger partial charge is 0.416 e. The molecule has 0 spiro atoms. The molecule has 3 heterocycles. The SMILES string of the molecule is CCc1c(N2CCN(C(=O)OC(C)(C)C)CC2)c(=O)n2nc(Br)nc2n1CC(=O)Nc1ccc(C(F)(F)F)cc1. The number of amides is 2. The zero-order chi connectivity index (χ0) is 29.4. The van der Waals surface area contributed by atoms with Crippen LogP contribution >= 0.6 is 15.9 Å². The van der Waals surface area contributed by atoms with Crippen molar-refractivity contribution >= 4 is 45.1 Å². The molecule has 11 nitrogen and oxygen atoms in total. The van der Waals surface area contributed by atoms with Gasteiger partial charge in [-0.15, -0.1) is 5.10 Å². The van der Waals surface area contributed by atoms with Gasteiger partial charge in [0.05, 0.1) is 11.3 Å². The Hall–Kier alpha value is -3.62. The molecule has 0 saturated carbocycles. The van der Waals surface area contributed by atoms with Gasteiger partial charge in [-0.05, 0) is 67.4 Å². The van der Waals surface area contributed by atoms with E-state index in [0.717, 1.165) is 16.6 Å². The van der Waals surface area contributed by atoms with Gasteiger partial charge in [-0.3, -0.25) is 9.59 Å². The van der Waals surface area contributed by atoms with Crippen LogP contribution in [0.5, 0.6) is 0 Å². The minimum Gasteiger partial charge on any atom is -0.444 e. The third-order valence-electron chi connectivity index (χ3n) is 6.18. The summed E-state index contributed by atoms with van der Waals surface area (Å²) in [5, 5.41) is 6.75. The summed E-state index contributed by atoms with van der Waals surface area (Å²) in [6.07, 6.45) is -4.56. The van der Waals surface area contributed by atoms with Gasteiger partial charge in [0.1, 0.15) is 17.8 Å².